The molecule has 0 heterocycles. The van der Waals surface area contributed by atoms with Gasteiger partial charge >= 0.3 is 0 Å². The van der Waals surface area contributed by atoms with Crippen molar-refractivity contribution < 1.29 is 18.3 Å². The van der Waals surface area contributed by atoms with E-state index in [0.717, 1.165) is 0 Å². The Labute approximate surface area is 113 Å². The van der Waals surface area contributed by atoms with Gasteiger partial charge in [0.1, 0.15) is 0 Å². The maximum Gasteiger partial charge on any atom is 0.252 e. The maximum atomic E-state index is 12.0. The number of aliphatic hydroxyl groups excluding tert-OH is 1. The Morgan fingerprint density at radius 1 is 1.37 bits per heavy atom. The third kappa shape index (κ3) is 4.33. The zero-order valence-corrected chi connectivity index (χ0v) is 11.9. The van der Waals surface area contributed by atoms with E-state index in [4.69, 9.17) is 5.11 Å². The summed E-state index contributed by atoms with van der Waals surface area (Å²) in [5, 5.41) is 11.7. The van der Waals surface area contributed by atoms with E-state index in [-0.39, 0.29) is 16.2 Å². The van der Waals surface area contributed by atoms with Crippen LogP contribution in [0, 0.1) is 0 Å². The summed E-state index contributed by atoms with van der Waals surface area (Å²) in [5.41, 5.74) is 0.148. The van der Waals surface area contributed by atoms with E-state index in [9.17, 15) is 13.2 Å². The summed E-state index contributed by atoms with van der Waals surface area (Å²) in [6, 6.07) is 6.13. The van der Waals surface area contributed by atoms with Crippen LogP contribution in [0.25, 0.3) is 0 Å². The van der Waals surface area contributed by atoms with Gasteiger partial charge in [-0.3, -0.25) is 4.79 Å². The van der Waals surface area contributed by atoms with Crippen molar-refractivity contribution in [1.82, 2.24) is 5.32 Å². The monoisotopic (exact) mass is 285 g/mol. The molecule has 0 aliphatic heterocycles. The Hall–Kier alpha value is -1.40. The van der Waals surface area contributed by atoms with Gasteiger partial charge in [0.2, 0.25) is 0 Å². The fraction of sp³-hybridized carbons (Fsp3) is 0.462. The van der Waals surface area contributed by atoms with Gasteiger partial charge in [0.15, 0.2) is 9.84 Å². The molecule has 6 heteroatoms. The molecule has 19 heavy (non-hydrogen) atoms. The average Bonchev–Trinajstić information content (AvgIpc) is 2.38. The number of rotatable bonds is 6. The molecule has 1 aromatic carbocycles. The molecule has 0 saturated carbocycles. The van der Waals surface area contributed by atoms with Crippen molar-refractivity contribution in [3.8, 4) is 0 Å². The van der Waals surface area contributed by atoms with Crippen LogP contribution in [0.2, 0.25) is 0 Å². The largest absolute Gasteiger partial charge is 0.393 e. The lowest BCUT2D eigenvalue weighted by Gasteiger charge is -2.10. The van der Waals surface area contributed by atoms with Gasteiger partial charge in [0.05, 0.1) is 22.3 Å². The minimum atomic E-state index is -3.43. The van der Waals surface area contributed by atoms with E-state index in [1.54, 1.807) is 19.1 Å². The van der Waals surface area contributed by atoms with Gasteiger partial charge in [-0.15, -0.1) is 0 Å². The molecule has 1 unspecified atom stereocenters. The lowest BCUT2D eigenvalue weighted by atomic mass is 10.2. The fourth-order valence-corrected chi connectivity index (χ4v) is 2.66. The number of sulfone groups is 1. The molecule has 0 fully saturated rings. The van der Waals surface area contributed by atoms with Crippen LogP contribution in [-0.4, -0.2) is 37.8 Å². The second-order valence-electron chi connectivity index (χ2n) is 4.29. The van der Waals surface area contributed by atoms with Gasteiger partial charge in [0, 0.05) is 6.54 Å². The summed E-state index contributed by atoms with van der Waals surface area (Å²) < 4.78 is 23.8. The molecule has 106 valence electrons. The van der Waals surface area contributed by atoms with Crippen LogP contribution in [0.5, 0.6) is 0 Å². The molecule has 2 N–H and O–H groups in total. The number of amides is 1. The molecule has 0 saturated heterocycles. The van der Waals surface area contributed by atoms with Crippen molar-refractivity contribution in [1.29, 1.82) is 0 Å². The third-order valence-corrected chi connectivity index (χ3v) is 4.48. The molecule has 5 nitrogen and oxygen atoms in total. The van der Waals surface area contributed by atoms with E-state index in [1.807, 2.05) is 0 Å². The lowest BCUT2D eigenvalue weighted by molar-refractivity contribution is 0.0942. The first kappa shape index (κ1) is 15.7. The normalized spacial score (nSPS) is 13.0. The predicted molar refractivity (Wildman–Crippen MR) is 72.8 cm³/mol. The van der Waals surface area contributed by atoms with Gasteiger partial charge in [-0.25, -0.2) is 8.42 Å². The second kappa shape index (κ2) is 6.68. The van der Waals surface area contributed by atoms with Crippen molar-refractivity contribution in [2.45, 2.75) is 31.3 Å². The number of carbonyl (C=O) groups excluding carboxylic acids is 1. The zero-order valence-electron chi connectivity index (χ0n) is 11.1. The quantitative estimate of drug-likeness (QED) is 0.816. The van der Waals surface area contributed by atoms with Crippen LogP contribution < -0.4 is 5.32 Å². The molecule has 0 radical (unpaired) electrons. The van der Waals surface area contributed by atoms with Crippen LogP contribution in [0.4, 0.5) is 0 Å². The van der Waals surface area contributed by atoms with Crippen LogP contribution in [0.1, 0.15) is 30.6 Å². The number of benzene rings is 1. The van der Waals surface area contributed by atoms with Crippen molar-refractivity contribution in [2.75, 3.05) is 12.3 Å². The highest BCUT2D eigenvalue weighted by Gasteiger charge is 2.20. The highest BCUT2D eigenvalue weighted by atomic mass is 32.2. The standard InChI is InChI=1S/C13H19NO4S/c1-3-19(17,18)12-7-5-4-6-11(12)13(16)14-9-8-10(2)15/h4-7,10,15H,3,8-9H2,1-2H3,(H,14,16). The Kier molecular flexibility index (Phi) is 5.50. The van der Waals surface area contributed by atoms with Crippen LogP contribution in [0.15, 0.2) is 29.2 Å². The summed E-state index contributed by atoms with van der Waals surface area (Å²) in [6.45, 7) is 3.47. The smallest absolute Gasteiger partial charge is 0.252 e. The predicted octanol–water partition coefficient (Wildman–Crippen LogP) is 0.981. The highest BCUT2D eigenvalue weighted by molar-refractivity contribution is 7.91. The summed E-state index contributed by atoms with van der Waals surface area (Å²) >= 11 is 0. The molecule has 0 spiro atoms. The third-order valence-electron chi connectivity index (χ3n) is 2.69. The Balaban J connectivity index is 2.92. The molecule has 1 amide bonds. The molecular weight excluding hydrogens is 266 g/mol. The summed E-state index contributed by atoms with van der Waals surface area (Å²) in [7, 11) is -3.43. The van der Waals surface area contributed by atoms with Gasteiger partial charge in [-0.2, -0.15) is 0 Å². The Morgan fingerprint density at radius 2 is 2.00 bits per heavy atom. The minimum Gasteiger partial charge on any atom is -0.393 e. The van der Waals surface area contributed by atoms with E-state index >= 15 is 0 Å². The molecule has 0 aromatic heterocycles. The summed E-state index contributed by atoms with van der Waals surface area (Å²) in [4.78, 5) is 12.0. The summed E-state index contributed by atoms with van der Waals surface area (Å²) in [5.74, 6) is -0.487. The first-order valence-corrected chi connectivity index (χ1v) is 7.81. The fourth-order valence-electron chi connectivity index (χ4n) is 1.57. The van der Waals surface area contributed by atoms with Crippen molar-refractivity contribution >= 4 is 15.7 Å². The Morgan fingerprint density at radius 3 is 2.58 bits per heavy atom. The molecule has 0 bridgehead atoms. The number of nitrogens with one attached hydrogen (secondary N) is 1. The number of hydrogen-bond donors (Lipinski definition) is 2. The Bertz CT molecular complexity index is 537. The molecule has 0 aliphatic carbocycles. The molecule has 1 aromatic rings. The number of carbonyl (C=O) groups is 1. The van der Waals surface area contributed by atoms with Gasteiger partial charge < -0.3 is 10.4 Å². The molecule has 1 atom stereocenters. The summed E-state index contributed by atoms with van der Waals surface area (Å²) in [6.07, 6.45) is -0.0797. The SMILES string of the molecule is CCS(=O)(=O)c1ccccc1C(=O)NCCC(C)O. The minimum absolute atomic E-state index is 0.0482. The molecule has 1 rings (SSSR count). The number of aliphatic hydroxyl groups is 1. The van der Waals surface area contributed by atoms with Crippen molar-refractivity contribution in [3.63, 3.8) is 0 Å². The second-order valence-corrected chi connectivity index (χ2v) is 6.54. The van der Waals surface area contributed by atoms with Crippen molar-refractivity contribution in [3.05, 3.63) is 29.8 Å². The van der Waals surface area contributed by atoms with E-state index < -0.39 is 21.8 Å². The first-order valence-electron chi connectivity index (χ1n) is 6.16. The zero-order chi connectivity index (χ0) is 14.5. The van der Waals surface area contributed by atoms with Crippen molar-refractivity contribution in [2.24, 2.45) is 0 Å². The molecule has 0 aliphatic rings. The first-order chi connectivity index (χ1) is 8.88. The van der Waals surface area contributed by atoms with Crippen LogP contribution in [-0.2, 0) is 9.84 Å². The van der Waals surface area contributed by atoms with Crippen LogP contribution >= 0.6 is 0 Å². The van der Waals surface area contributed by atoms with Gasteiger partial charge in [0.25, 0.3) is 5.91 Å². The topological polar surface area (TPSA) is 83.5 Å². The van der Waals surface area contributed by atoms with Gasteiger partial charge in [-0.05, 0) is 25.5 Å². The van der Waals surface area contributed by atoms with E-state index in [0.29, 0.717) is 13.0 Å². The van der Waals surface area contributed by atoms with Crippen LogP contribution in [0.3, 0.4) is 0 Å². The highest BCUT2D eigenvalue weighted by Crippen LogP contribution is 2.16. The average molecular weight is 285 g/mol. The lowest BCUT2D eigenvalue weighted by Crippen LogP contribution is -2.28. The maximum absolute atomic E-state index is 12.0. The van der Waals surface area contributed by atoms with E-state index in [2.05, 4.69) is 5.32 Å². The van der Waals surface area contributed by atoms with Gasteiger partial charge in [-0.1, -0.05) is 19.1 Å². The molecular formula is C13H19NO4S. The number of hydrogen-bond acceptors (Lipinski definition) is 4. The van der Waals surface area contributed by atoms with E-state index in [1.165, 1.54) is 19.1 Å².